The molecular formula is C40H38N2O3. The van der Waals surface area contributed by atoms with Crippen molar-refractivity contribution in [1.82, 2.24) is 0 Å². The van der Waals surface area contributed by atoms with Crippen molar-refractivity contribution in [3.63, 3.8) is 0 Å². The second-order valence-electron chi connectivity index (χ2n) is 13.4. The quantitative estimate of drug-likeness (QED) is 0.232. The molecule has 0 saturated carbocycles. The van der Waals surface area contributed by atoms with Crippen LogP contribution in [0, 0.1) is 25.7 Å². The molecule has 5 heteroatoms. The van der Waals surface area contributed by atoms with E-state index in [1.54, 1.807) is 0 Å². The first-order valence-electron chi connectivity index (χ1n) is 15.8. The number of ketones is 2. The zero-order chi connectivity index (χ0) is 31.6. The number of nitrogens with one attached hydrogen (secondary N) is 1. The van der Waals surface area contributed by atoms with Crippen molar-refractivity contribution in [2.24, 2.45) is 11.8 Å². The zero-order valence-corrected chi connectivity index (χ0v) is 26.4. The monoisotopic (exact) mass is 594 g/mol. The minimum absolute atomic E-state index is 0.164. The summed E-state index contributed by atoms with van der Waals surface area (Å²) in [6.45, 7) is 10.4. The Hall–Kier alpha value is -4.77. The van der Waals surface area contributed by atoms with E-state index in [9.17, 15) is 9.59 Å². The van der Waals surface area contributed by atoms with E-state index in [1.807, 2.05) is 91.9 Å². The van der Waals surface area contributed by atoms with Crippen molar-refractivity contribution in [3.05, 3.63) is 136 Å². The summed E-state index contributed by atoms with van der Waals surface area (Å²) in [7, 11) is 0. The molecule has 0 bridgehead atoms. The van der Waals surface area contributed by atoms with Crippen LogP contribution >= 0.6 is 0 Å². The van der Waals surface area contributed by atoms with Gasteiger partial charge in [0.25, 0.3) is 0 Å². The molecule has 3 aliphatic rings. The fraction of sp³-hybridized carbons (Fsp3) is 0.275. The molecule has 1 amide bonds. The van der Waals surface area contributed by atoms with Gasteiger partial charge in [0.15, 0.2) is 11.6 Å². The van der Waals surface area contributed by atoms with Gasteiger partial charge in [0.05, 0.1) is 12.0 Å². The molecular weight excluding hydrogens is 556 g/mol. The van der Waals surface area contributed by atoms with Crippen LogP contribution in [-0.4, -0.2) is 29.6 Å². The van der Waals surface area contributed by atoms with Crippen LogP contribution < -0.4 is 10.2 Å². The number of aryl methyl sites for hydroxylation is 2. The number of hydrogen-bond acceptors (Lipinski definition) is 4. The molecule has 45 heavy (non-hydrogen) atoms. The van der Waals surface area contributed by atoms with Gasteiger partial charge in [0.1, 0.15) is 11.5 Å². The summed E-state index contributed by atoms with van der Waals surface area (Å²) in [5.41, 5.74) is 7.38. The van der Waals surface area contributed by atoms with Crippen LogP contribution in [0.2, 0.25) is 0 Å². The average molecular weight is 595 g/mol. The van der Waals surface area contributed by atoms with Gasteiger partial charge in [-0.1, -0.05) is 104 Å². The number of carbonyl (C=O) groups is 3. The van der Waals surface area contributed by atoms with Crippen LogP contribution in [0.15, 0.2) is 97.1 Å². The predicted molar refractivity (Wildman–Crippen MR) is 180 cm³/mol. The van der Waals surface area contributed by atoms with E-state index >= 15 is 4.79 Å². The third-order valence-electron chi connectivity index (χ3n) is 9.90. The Labute approximate surface area is 265 Å². The zero-order valence-electron chi connectivity index (χ0n) is 26.4. The number of hydrogen-bond donors (Lipinski definition) is 1. The summed E-state index contributed by atoms with van der Waals surface area (Å²) in [6.07, 6.45) is 3.01. The number of nitrogens with zero attached hydrogens (tertiary/aromatic N) is 1. The first-order valence-corrected chi connectivity index (χ1v) is 15.8. The number of para-hydroxylation sites is 1. The van der Waals surface area contributed by atoms with Crippen LogP contribution in [0.25, 0.3) is 5.57 Å². The molecule has 0 aliphatic carbocycles. The third kappa shape index (κ3) is 4.40. The van der Waals surface area contributed by atoms with E-state index in [0.29, 0.717) is 22.7 Å². The van der Waals surface area contributed by atoms with Gasteiger partial charge >= 0.3 is 0 Å². The molecule has 4 atom stereocenters. The SMILES string of the molecule is CC1=C[C@@H]2N(c3ccc(C)cc31)[C@H](C(=O)c1ccc(C)cc1)[C@@H](C(=O)c1ccc(CC(C)C)cc1)[C@]21C(=O)Nc2ccccc21. The van der Waals surface area contributed by atoms with Crippen molar-refractivity contribution >= 4 is 34.4 Å². The fourth-order valence-corrected chi connectivity index (χ4v) is 7.89. The minimum Gasteiger partial charge on any atom is -0.352 e. The van der Waals surface area contributed by atoms with Gasteiger partial charge in [0.2, 0.25) is 5.91 Å². The normalized spacial score (nSPS) is 23.0. The number of anilines is 2. The number of amides is 1. The average Bonchev–Trinajstić information content (AvgIpc) is 3.49. The molecule has 3 heterocycles. The van der Waals surface area contributed by atoms with Crippen LogP contribution in [0.1, 0.15) is 69.3 Å². The summed E-state index contributed by atoms with van der Waals surface area (Å²) < 4.78 is 0. The molecule has 7 rings (SSSR count). The standard InChI is InChI=1S/C40H38N2O3/c1-23(2)20-27-13-17-28(18-14-27)37(43)35-36(38(44)29-15-10-24(3)11-16-29)42-33-19-12-25(4)21-30(33)26(5)22-34(42)40(35)31-8-6-7-9-32(31)41-39(40)45/h6-19,21-23,34-36H,20H2,1-5H3,(H,41,45)/t34-,35-,36-,40+/m0/s1. The Morgan fingerprint density at radius 1 is 0.822 bits per heavy atom. The summed E-state index contributed by atoms with van der Waals surface area (Å²) >= 11 is 0. The van der Waals surface area contributed by atoms with Crippen molar-refractivity contribution in [3.8, 4) is 0 Å². The molecule has 0 unspecified atom stereocenters. The molecule has 0 aromatic heterocycles. The van der Waals surface area contributed by atoms with E-state index in [1.165, 1.54) is 0 Å². The summed E-state index contributed by atoms with van der Waals surface area (Å²) in [4.78, 5) is 46.7. The van der Waals surface area contributed by atoms with Crippen molar-refractivity contribution in [2.45, 2.75) is 58.5 Å². The summed E-state index contributed by atoms with van der Waals surface area (Å²) in [5, 5.41) is 3.13. The molecule has 1 saturated heterocycles. The van der Waals surface area contributed by atoms with E-state index in [4.69, 9.17) is 0 Å². The van der Waals surface area contributed by atoms with E-state index < -0.39 is 23.4 Å². The lowest BCUT2D eigenvalue weighted by Gasteiger charge is -2.39. The maximum atomic E-state index is 15.1. The maximum absolute atomic E-state index is 15.1. The van der Waals surface area contributed by atoms with Gasteiger partial charge in [-0.3, -0.25) is 14.4 Å². The van der Waals surface area contributed by atoms with Crippen LogP contribution in [0.4, 0.5) is 11.4 Å². The number of Topliss-reactive ketones (excluding diaryl/α,β-unsaturated/α-hetero) is 2. The topological polar surface area (TPSA) is 66.5 Å². The molecule has 1 fully saturated rings. The lowest BCUT2D eigenvalue weighted by Crippen LogP contribution is -2.51. The van der Waals surface area contributed by atoms with Gasteiger partial charge < -0.3 is 10.2 Å². The maximum Gasteiger partial charge on any atom is 0.238 e. The number of allylic oxidation sites excluding steroid dienone is 1. The summed E-state index contributed by atoms with van der Waals surface area (Å²) in [5.74, 6) is -1.10. The number of rotatable bonds is 6. The highest BCUT2D eigenvalue weighted by Gasteiger charge is 2.70. The van der Waals surface area contributed by atoms with E-state index in [2.05, 4.69) is 50.1 Å². The highest BCUT2D eigenvalue weighted by molar-refractivity contribution is 6.18. The molecule has 4 aromatic rings. The molecule has 4 aromatic carbocycles. The number of fused-ring (bicyclic) bond motifs is 6. The Morgan fingerprint density at radius 2 is 1.47 bits per heavy atom. The molecule has 0 radical (unpaired) electrons. The van der Waals surface area contributed by atoms with Crippen molar-refractivity contribution in [2.75, 3.05) is 10.2 Å². The first-order chi connectivity index (χ1) is 21.6. The smallest absolute Gasteiger partial charge is 0.238 e. The number of carbonyl (C=O) groups excluding carboxylic acids is 3. The van der Waals surface area contributed by atoms with Crippen LogP contribution in [0.5, 0.6) is 0 Å². The van der Waals surface area contributed by atoms with Gasteiger partial charge in [-0.15, -0.1) is 0 Å². The molecule has 5 nitrogen and oxygen atoms in total. The third-order valence-corrected chi connectivity index (χ3v) is 9.90. The van der Waals surface area contributed by atoms with Crippen molar-refractivity contribution < 1.29 is 14.4 Å². The van der Waals surface area contributed by atoms with Crippen LogP contribution in [-0.2, 0) is 16.6 Å². The Bertz CT molecular complexity index is 1890. The van der Waals surface area contributed by atoms with Gasteiger partial charge in [-0.05, 0) is 68.0 Å². The van der Waals surface area contributed by atoms with Gasteiger partial charge in [0, 0.05) is 28.1 Å². The highest BCUT2D eigenvalue weighted by Crippen LogP contribution is 2.59. The Morgan fingerprint density at radius 3 is 2.18 bits per heavy atom. The van der Waals surface area contributed by atoms with E-state index in [-0.39, 0.29) is 17.5 Å². The Balaban J connectivity index is 1.50. The van der Waals surface area contributed by atoms with Gasteiger partial charge in [-0.25, -0.2) is 0 Å². The Kier molecular flexibility index (Phi) is 6.88. The predicted octanol–water partition coefficient (Wildman–Crippen LogP) is 7.75. The minimum atomic E-state index is -1.32. The lowest BCUT2D eigenvalue weighted by molar-refractivity contribution is -0.121. The molecule has 1 spiro atoms. The highest BCUT2D eigenvalue weighted by atomic mass is 16.2. The van der Waals surface area contributed by atoms with Gasteiger partial charge in [-0.2, -0.15) is 0 Å². The van der Waals surface area contributed by atoms with Crippen LogP contribution in [0.3, 0.4) is 0 Å². The molecule has 1 N–H and O–H groups in total. The van der Waals surface area contributed by atoms with E-state index in [0.717, 1.165) is 45.5 Å². The first kappa shape index (κ1) is 29.0. The second-order valence-corrected chi connectivity index (χ2v) is 13.4. The molecule has 226 valence electrons. The largest absolute Gasteiger partial charge is 0.352 e. The summed E-state index contributed by atoms with van der Waals surface area (Å²) in [6, 6.07) is 27.7. The second kappa shape index (κ2) is 10.7. The fourth-order valence-electron chi connectivity index (χ4n) is 7.89. The number of benzene rings is 4. The molecule has 3 aliphatic heterocycles. The van der Waals surface area contributed by atoms with Crippen molar-refractivity contribution in [1.29, 1.82) is 0 Å². The lowest BCUT2D eigenvalue weighted by atomic mass is 9.64.